The summed E-state index contributed by atoms with van der Waals surface area (Å²) >= 11 is 0. The minimum atomic E-state index is 0.696. The Kier molecular flexibility index (Phi) is 1.32. The molecule has 1 unspecified atom stereocenters. The van der Waals surface area contributed by atoms with Gasteiger partial charge < -0.3 is 4.90 Å². The SMILES string of the molecule is CN1C2=CCCC2c2ccccc21. The molecule has 1 heteroatoms. The summed E-state index contributed by atoms with van der Waals surface area (Å²) in [6.07, 6.45) is 4.93. The van der Waals surface area contributed by atoms with Crippen LogP contribution in [0.3, 0.4) is 0 Å². The highest BCUT2D eigenvalue weighted by Crippen LogP contribution is 2.47. The lowest BCUT2D eigenvalue weighted by Crippen LogP contribution is -2.10. The van der Waals surface area contributed by atoms with Crippen LogP contribution in [0.4, 0.5) is 5.69 Å². The normalized spacial score (nSPS) is 24.2. The summed E-state index contributed by atoms with van der Waals surface area (Å²) in [6, 6.07) is 8.75. The Balaban J connectivity index is 2.21. The maximum atomic E-state index is 2.38. The molecule has 1 heterocycles. The van der Waals surface area contributed by atoms with E-state index in [9.17, 15) is 0 Å². The predicted molar refractivity (Wildman–Crippen MR) is 54.9 cm³/mol. The number of hydrogen-bond donors (Lipinski definition) is 0. The first-order valence-electron chi connectivity index (χ1n) is 4.90. The summed E-state index contributed by atoms with van der Waals surface area (Å²) < 4.78 is 0. The molecule has 66 valence electrons. The van der Waals surface area contributed by atoms with Crippen LogP contribution < -0.4 is 4.90 Å². The Morgan fingerprint density at radius 1 is 1.31 bits per heavy atom. The lowest BCUT2D eigenvalue weighted by Gasteiger charge is -2.13. The maximum absolute atomic E-state index is 2.38. The molecule has 3 rings (SSSR count). The fourth-order valence-corrected chi connectivity index (χ4v) is 2.60. The van der Waals surface area contributed by atoms with E-state index in [1.54, 1.807) is 0 Å². The molecular formula is C12H13N. The van der Waals surface area contributed by atoms with Crippen LogP contribution in [0, 0.1) is 0 Å². The molecule has 1 aromatic rings. The molecule has 0 spiro atoms. The quantitative estimate of drug-likeness (QED) is 0.580. The Morgan fingerprint density at radius 2 is 2.15 bits per heavy atom. The molecule has 0 saturated heterocycles. The highest BCUT2D eigenvalue weighted by Gasteiger charge is 2.33. The molecule has 0 amide bonds. The van der Waals surface area contributed by atoms with Gasteiger partial charge >= 0.3 is 0 Å². The second-order valence-corrected chi connectivity index (χ2v) is 3.88. The van der Waals surface area contributed by atoms with E-state index in [0.29, 0.717) is 5.92 Å². The van der Waals surface area contributed by atoms with Crippen molar-refractivity contribution in [2.75, 3.05) is 11.9 Å². The number of para-hydroxylation sites is 1. The van der Waals surface area contributed by atoms with Gasteiger partial charge in [-0.1, -0.05) is 24.3 Å². The van der Waals surface area contributed by atoms with Crippen molar-refractivity contribution in [1.29, 1.82) is 0 Å². The summed E-state index contributed by atoms with van der Waals surface area (Å²) in [5.74, 6) is 0.696. The monoisotopic (exact) mass is 171 g/mol. The number of likely N-dealkylation sites (N-methyl/N-ethyl adjacent to an activating group) is 1. The van der Waals surface area contributed by atoms with Crippen LogP contribution in [0.5, 0.6) is 0 Å². The minimum Gasteiger partial charge on any atom is -0.348 e. The highest BCUT2D eigenvalue weighted by atomic mass is 15.1. The second-order valence-electron chi connectivity index (χ2n) is 3.88. The topological polar surface area (TPSA) is 3.24 Å². The zero-order valence-corrected chi connectivity index (χ0v) is 7.83. The van der Waals surface area contributed by atoms with E-state index in [-0.39, 0.29) is 0 Å². The molecule has 0 saturated carbocycles. The smallest absolute Gasteiger partial charge is 0.0445 e. The number of allylic oxidation sites excluding steroid dienone is 2. The fraction of sp³-hybridized carbons (Fsp3) is 0.333. The first kappa shape index (κ1) is 7.19. The van der Waals surface area contributed by atoms with Gasteiger partial charge in [0.2, 0.25) is 0 Å². The standard InChI is InChI=1S/C12H13N/c1-13-11-7-3-2-5-9(11)10-6-4-8-12(10)13/h2-3,5,7-8,10H,4,6H2,1H3. The maximum Gasteiger partial charge on any atom is 0.0445 e. The third kappa shape index (κ3) is 0.819. The lowest BCUT2D eigenvalue weighted by atomic mass is 9.99. The van der Waals surface area contributed by atoms with E-state index in [0.717, 1.165) is 0 Å². The highest BCUT2D eigenvalue weighted by molar-refractivity contribution is 5.68. The number of hydrogen-bond acceptors (Lipinski definition) is 1. The van der Waals surface area contributed by atoms with Crippen LogP contribution in [0.2, 0.25) is 0 Å². The molecule has 0 bridgehead atoms. The summed E-state index contributed by atoms with van der Waals surface area (Å²) in [4.78, 5) is 2.34. The lowest BCUT2D eigenvalue weighted by molar-refractivity contribution is 0.787. The average molecular weight is 171 g/mol. The molecular weight excluding hydrogens is 158 g/mol. The molecule has 0 fully saturated rings. The first-order valence-corrected chi connectivity index (χ1v) is 4.90. The molecule has 1 aliphatic carbocycles. The average Bonchev–Trinajstić information content (AvgIpc) is 2.72. The van der Waals surface area contributed by atoms with Crippen molar-refractivity contribution >= 4 is 5.69 Å². The van der Waals surface area contributed by atoms with E-state index in [4.69, 9.17) is 0 Å². The first-order chi connectivity index (χ1) is 6.38. The minimum absolute atomic E-state index is 0.696. The Bertz CT molecular complexity index is 378. The van der Waals surface area contributed by atoms with Crippen molar-refractivity contribution in [3.8, 4) is 0 Å². The summed E-state index contributed by atoms with van der Waals surface area (Å²) in [5, 5.41) is 0. The van der Waals surface area contributed by atoms with Crippen LogP contribution in [0.25, 0.3) is 0 Å². The molecule has 1 aromatic carbocycles. The van der Waals surface area contributed by atoms with Crippen molar-refractivity contribution in [1.82, 2.24) is 0 Å². The van der Waals surface area contributed by atoms with Gasteiger partial charge in [0.1, 0.15) is 0 Å². The molecule has 0 aromatic heterocycles. The van der Waals surface area contributed by atoms with Gasteiger partial charge in [0.05, 0.1) is 0 Å². The van der Waals surface area contributed by atoms with Gasteiger partial charge in [-0.05, 0) is 24.5 Å². The third-order valence-corrected chi connectivity index (χ3v) is 3.23. The van der Waals surface area contributed by atoms with E-state index in [1.807, 2.05) is 0 Å². The van der Waals surface area contributed by atoms with Gasteiger partial charge in [-0.25, -0.2) is 0 Å². The number of nitrogens with zero attached hydrogens (tertiary/aromatic N) is 1. The zero-order valence-electron chi connectivity index (χ0n) is 7.83. The molecule has 13 heavy (non-hydrogen) atoms. The predicted octanol–water partition coefficient (Wildman–Crippen LogP) is 2.90. The largest absolute Gasteiger partial charge is 0.348 e. The van der Waals surface area contributed by atoms with Gasteiger partial charge in [0.15, 0.2) is 0 Å². The van der Waals surface area contributed by atoms with Crippen molar-refractivity contribution in [3.63, 3.8) is 0 Å². The Hall–Kier alpha value is -1.24. The van der Waals surface area contributed by atoms with Crippen LogP contribution in [0.15, 0.2) is 36.0 Å². The third-order valence-electron chi connectivity index (χ3n) is 3.23. The fourth-order valence-electron chi connectivity index (χ4n) is 2.60. The van der Waals surface area contributed by atoms with Crippen molar-refractivity contribution in [3.05, 3.63) is 41.6 Å². The van der Waals surface area contributed by atoms with Crippen LogP contribution in [-0.2, 0) is 0 Å². The Morgan fingerprint density at radius 3 is 3.08 bits per heavy atom. The number of anilines is 1. The van der Waals surface area contributed by atoms with E-state index < -0.39 is 0 Å². The Labute approximate surface area is 78.7 Å². The molecule has 1 nitrogen and oxygen atoms in total. The van der Waals surface area contributed by atoms with Crippen LogP contribution in [0.1, 0.15) is 24.3 Å². The molecule has 2 aliphatic rings. The van der Waals surface area contributed by atoms with Crippen molar-refractivity contribution < 1.29 is 0 Å². The van der Waals surface area contributed by atoms with Gasteiger partial charge in [-0.3, -0.25) is 0 Å². The molecule has 1 aliphatic heterocycles. The van der Waals surface area contributed by atoms with Gasteiger partial charge in [-0.2, -0.15) is 0 Å². The van der Waals surface area contributed by atoms with E-state index in [1.165, 1.54) is 29.8 Å². The second kappa shape index (κ2) is 2.38. The van der Waals surface area contributed by atoms with E-state index >= 15 is 0 Å². The number of fused-ring (bicyclic) bond motifs is 3. The van der Waals surface area contributed by atoms with Crippen LogP contribution in [-0.4, -0.2) is 7.05 Å². The summed E-state index contributed by atoms with van der Waals surface area (Å²) in [6.45, 7) is 0. The van der Waals surface area contributed by atoms with E-state index in [2.05, 4.69) is 42.3 Å². The molecule has 1 atom stereocenters. The van der Waals surface area contributed by atoms with Gasteiger partial charge in [-0.15, -0.1) is 0 Å². The van der Waals surface area contributed by atoms with Crippen molar-refractivity contribution in [2.45, 2.75) is 18.8 Å². The number of benzene rings is 1. The van der Waals surface area contributed by atoms with Gasteiger partial charge in [0, 0.05) is 24.4 Å². The molecule has 0 radical (unpaired) electrons. The van der Waals surface area contributed by atoms with Gasteiger partial charge in [0.25, 0.3) is 0 Å². The van der Waals surface area contributed by atoms with Crippen LogP contribution >= 0.6 is 0 Å². The number of rotatable bonds is 0. The van der Waals surface area contributed by atoms with Crippen molar-refractivity contribution in [2.24, 2.45) is 0 Å². The summed E-state index contributed by atoms with van der Waals surface area (Å²) in [7, 11) is 2.18. The summed E-state index contributed by atoms with van der Waals surface area (Å²) in [5.41, 5.74) is 4.44. The zero-order chi connectivity index (χ0) is 8.84. The molecule has 0 N–H and O–H groups in total.